The number of imidazole rings is 2. The molecule has 1 aliphatic carbocycles. The molecular formula is C40H48N8O6. The highest BCUT2D eigenvalue weighted by atomic mass is 16.5. The van der Waals surface area contributed by atoms with E-state index in [-0.39, 0.29) is 29.8 Å². The van der Waals surface area contributed by atoms with Crippen molar-refractivity contribution in [3.05, 3.63) is 72.0 Å². The Morgan fingerprint density at radius 3 is 2.20 bits per heavy atom. The van der Waals surface area contributed by atoms with Crippen LogP contribution in [0, 0.1) is 5.92 Å². The number of likely N-dealkylation sites (tertiary alicyclic amines) is 2. The number of fused-ring (bicyclic) bond motifs is 4. The van der Waals surface area contributed by atoms with Crippen molar-refractivity contribution in [1.29, 1.82) is 0 Å². The molecular weight excluding hydrogens is 688 g/mol. The van der Waals surface area contributed by atoms with Gasteiger partial charge in [0.2, 0.25) is 11.8 Å². The molecule has 4 aromatic rings. The molecule has 0 bridgehead atoms. The predicted octanol–water partition coefficient (Wildman–Crippen LogP) is 5.73. The van der Waals surface area contributed by atoms with E-state index in [4.69, 9.17) is 19.4 Å². The lowest BCUT2D eigenvalue weighted by Crippen LogP contribution is -2.51. The fraction of sp³-hybridized carbons (Fsp3) is 0.450. The lowest BCUT2D eigenvalue weighted by Gasteiger charge is -2.30. The molecule has 4 N–H and O–H groups in total. The molecule has 54 heavy (non-hydrogen) atoms. The molecule has 7 rings (SSSR count). The number of nitrogens with one attached hydrogen (secondary N) is 4. The molecule has 284 valence electrons. The van der Waals surface area contributed by atoms with Crippen LogP contribution in [0.4, 0.5) is 9.59 Å². The van der Waals surface area contributed by atoms with Gasteiger partial charge in [-0.2, -0.15) is 0 Å². The van der Waals surface area contributed by atoms with E-state index in [2.05, 4.69) is 57.5 Å². The van der Waals surface area contributed by atoms with Crippen molar-refractivity contribution in [2.45, 2.75) is 83.0 Å². The molecule has 4 atom stereocenters. The number of aromatic amines is 2. The molecule has 3 aliphatic rings. The van der Waals surface area contributed by atoms with Gasteiger partial charge in [-0.25, -0.2) is 19.6 Å². The van der Waals surface area contributed by atoms with Gasteiger partial charge in [-0.1, -0.05) is 44.2 Å². The van der Waals surface area contributed by atoms with E-state index >= 15 is 0 Å². The Bertz CT molecular complexity index is 2090. The fourth-order valence-corrected chi connectivity index (χ4v) is 8.13. The minimum Gasteiger partial charge on any atom is -0.453 e. The summed E-state index contributed by atoms with van der Waals surface area (Å²) in [6.07, 6.45) is 5.49. The first-order valence-electron chi connectivity index (χ1n) is 18.7. The van der Waals surface area contributed by atoms with Gasteiger partial charge in [0, 0.05) is 18.7 Å². The molecule has 14 heteroatoms. The Labute approximate surface area is 314 Å². The van der Waals surface area contributed by atoms with Crippen LogP contribution in [0.25, 0.3) is 33.4 Å². The van der Waals surface area contributed by atoms with E-state index in [1.165, 1.54) is 19.8 Å². The molecule has 2 saturated heterocycles. The Morgan fingerprint density at radius 2 is 1.52 bits per heavy atom. The van der Waals surface area contributed by atoms with E-state index in [0.29, 0.717) is 19.5 Å². The Balaban J connectivity index is 1.10. The maximum atomic E-state index is 13.7. The van der Waals surface area contributed by atoms with E-state index in [0.717, 1.165) is 89.3 Å². The number of H-pyrrole nitrogens is 2. The largest absolute Gasteiger partial charge is 0.453 e. The number of methoxy groups -OCH3 is 2. The maximum absolute atomic E-state index is 13.7. The summed E-state index contributed by atoms with van der Waals surface area (Å²) in [5.41, 5.74) is 8.14. The molecule has 14 nitrogen and oxygen atoms in total. The molecule has 0 saturated carbocycles. The van der Waals surface area contributed by atoms with Crippen LogP contribution in [0.1, 0.15) is 80.9 Å². The summed E-state index contributed by atoms with van der Waals surface area (Å²) in [5.74, 6) is 1.08. The van der Waals surface area contributed by atoms with E-state index in [1.54, 1.807) is 11.0 Å². The average Bonchev–Trinajstić information content (AvgIpc) is 4.00. The summed E-state index contributed by atoms with van der Waals surface area (Å²) >= 11 is 0. The number of hydrogen-bond acceptors (Lipinski definition) is 8. The topological polar surface area (TPSA) is 175 Å². The second kappa shape index (κ2) is 15.4. The van der Waals surface area contributed by atoms with E-state index in [9.17, 15) is 19.2 Å². The molecule has 2 fully saturated rings. The standard InChI is InChI=1S/C40H48N8O6/c1-6-9-29(44-39(51)53-4)37(49)47-18-7-10-31(47)35-41-27-16-13-24(21-30(27)43-35)23-12-15-26-25(20-23)14-17-28-34(26)45-36(42-28)32-11-8-19-48(32)38(50)33(22(2)3)46-40(52)54-5/h6,12-13,15-16,20-22,29,31-33H,1,7-11,14,17-19H2,2-5H3,(H,41,43)(H,42,45)(H,44,51)(H,46,52)/t29-,31-,32-,33-/m0/s1. The third kappa shape index (κ3) is 7.04. The fourth-order valence-electron chi connectivity index (χ4n) is 8.13. The van der Waals surface area contributed by atoms with Crippen LogP contribution in [0.15, 0.2) is 49.1 Å². The second-order valence-electron chi connectivity index (χ2n) is 14.6. The molecule has 0 radical (unpaired) electrons. The molecule has 0 unspecified atom stereocenters. The number of rotatable bonds is 10. The molecule has 2 aromatic heterocycles. The summed E-state index contributed by atoms with van der Waals surface area (Å²) in [4.78, 5) is 71.8. The van der Waals surface area contributed by atoms with Crippen molar-refractivity contribution in [3.8, 4) is 22.4 Å². The van der Waals surface area contributed by atoms with Gasteiger partial charge in [0.1, 0.15) is 23.7 Å². The summed E-state index contributed by atoms with van der Waals surface area (Å²) in [6, 6.07) is 10.8. The Morgan fingerprint density at radius 1 is 0.870 bits per heavy atom. The molecule has 2 aromatic carbocycles. The highest BCUT2D eigenvalue weighted by Crippen LogP contribution is 2.39. The minimum absolute atomic E-state index is 0.105. The van der Waals surface area contributed by atoms with Crippen molar-refractivity contribution in [3.63, 3.8) is 0 Å². The predicted molar refractivity (Wildman–Crippen MR) is 202 cm³/mol. The maximum Gasteiger partial charge on any atom is 0.407 e. The van der Waals surface area contributed by atoms with E-state index in [1.807, 2.05) is 24.8 Å². The van der Waals surface area contributed by atoms with Crippen LogP contribution >= 0.6 is 0 Å². The zero-order chi connectivity index (χ0) is 38.1. The first kappa shape index (κ1) is 36.7. The lowest BCUT2D eigenvalue weighted by atomic mass is 9.89. The summed E-state index contributed by atoms with van der Waals surface area (Å²) < 4.78 is 9.52. The monoisotopic (exact) mass is 736 g/mol. The third-order valence-corrected chi connectivity index (χ3v) is 10.9. The smallest absolute Gasteiger partial charge is 0.407 e. The van der Waals surface area contributed by atoms with Gasteiger partial charge in [-0.15, -0.1) is 6.58 Å². The SMILES string of the molecule is C=CC[C@H](NC(=O)OC)C(=O)N1CCC[C@H]1c1nc2ccc(-c3ccc4c(c3)CCc3nc([C@@H]5CCCN5C(=O)[C@@H](NC(=O)OC)C(C)C)[nH]c3-4)cc2[nH]1. The average molecular weight is 737 g/mol. The van der Waals surface area contributed by atoms with Crippen LogP contribution in [-0.4, -0.2) is 93.1 Å². The molecule has 4 heterocycles. The van der Waals surface area contributed by atoms with E-state index < -0.39 is 24.3 Å². The van der Waals surface area contributed by atoms with Gasteiger partial charge in [0.15, 0.2) is 0 Å². The van der Waals surface area contributed by atoms with Gasteiger partial charge in [-0.3, -0.25) is 9.59 Å². The Hall–Kier alpha value is -5.66. The van der Waals surface area contributed by atoms with Crippen molar-refractivity contribution < 1.29 is 28.7 Å². The number of carbonyl (C=O) groups excluding carboxylic acids is 4. The zero-order valence-corrected chi connectivity index (χ0v) is 31.2. The third-order valence-electron chi connectivity index (χ3n) is 10.9. The summed E-state index contributed by atoms with van der Waals surface area (Å²) in [5, 5.41) is 5.36. The van der Waals surface area contributed by atoms with Crippen LogP contribution < -0.4 is 10.6 Å². The lowest BCUT2D eigenvalue weighted by molar-refractivity contribution is -0.135. The highest BCUT2D eigenvalue weighted by Gasteiger charge is 2.39. The van der Waals surface area contributed by atoms with Crippen molar-refractivity contribution in [2.24, 2.45) is 5.92 Å². The van der Waals surface area contributed by atoms with Gasteiger partial charge >= 0.3 is 12.2 Å². The number of nitrogens with zero attached hydrogens (tertiary/aromatic N) is 4. The number of carbonyl (C=O) groups is 4. The second-order valence-corrected chi connectivity index (χ2v) is 14.6. The van der Waals surface area contributed by atoms with Gasteiger partial charge in [0.25, 0.3) is 0 Å². The quantitative estimate of drug-likeness (QED) is 0.150. The van der Waals surface area contributed by atoms with Crippen LogP contribution in [0.3, 0.4) is 0 Å². The normalized spacial score (nSPS) is 18.9. The van der Waals surface area contributed by atoms with Gasteiger partial charge in [-0.05, 0) is 79.7 Å². The Kier molecular flexibility index (Phi) is 10.4. The van der Waals surface area contributed by atoms with Crippen molar-refractivity contribution >= 4 is 35.0 Å². The molecule has 0 spiro atoms. The van der Waals surface area contributed by atoms with Crippen LogP contribution in [0.2, 0.25) is 0 Å². The first-order valence-corrected chi connectivity index (χ1v) is 18.7. The highest BCUT2D eigenvalue weighted by molar-refractivity contribution is 5.88. The zero-order valence-electron chi connectivity index (χ0n) is 31.2. The first-order chi connectivity index (χ1) is 26.1. The molecule has 2 aliphatic heterocycles. The number of alkyl carbamates (subject to hydrolysis) is 2. The number of aryl methyl sites for hydroxylation is 2. The minimum atomic E-state index is -0.763. The van der Waals surface area contributed by atoms with Crippen LogP contribution in [0.5, 0.6) is 0 Å². The number of amides is 4. The van der Waals surface area contributed by atoms with Crippen molar-refractivity contribution in [2.75, 3.05) is 27.3 Å². The summed E-state index contributed by atoms with van der Waals surface area (Å²) in [7, 11) is 2.57. The van der Waals surface area contributed by atoms with Gasteiger partial charge < -0.3 is 39.9 Å². The number of aromatic nitrogens is 4. The van der Waals surface area contributed by atoms with Gasteiger partial charge in [0.05, 0.1) is 48.7 Å². The summed E-state index contributed by atoms with van der Waals surface area (Å²) in [6.45, 7) is 8.74. The van der Waals surface area contributed by atoms with Crippen LogP contribution in [-0.2, 0) is 31.9 Å². The number of hydrogen-bond donors (Lipinski definition) is 4. The van der Waals surface area contributed by atoms with Crippen molar-refractivity contribution in [1.82, 2.24) is 40.4 Å². The molecule has 4 amide bonds. The number of ether oxygens (including phenoxy) is 2. The number of benzene rings is 2.